The van der Waals surface area contributed by atoms with E-state index < -0.39 is 0 Å². The van der Waals surface area contributed by atoms with Crippen LogP contribution in [0.4, 0.5) is 4.39 Å². The van der Waals surface area contributed by atoms with Crippen molar-refractivity contribution in [3.8, 4) is 17.0 Å². The second kappa shape index (κ2) is 6.88. The van der Waals surface area contributed by atoms with Gasteiger partial charge in [0, 0.05) is 29.4 Å². The highest BCUT2D eigenvalue weighted by atomic mass is 19.1. The first-order valence-electron chi connectivity index (χ1n) is 8.91. The number of nitrogens with zero attached hydrogens (tertiary/aromatic N) is 2. The Hall–Kier alpha value is -3.14. The maximum absolute atomic E-state index is 13.7. The van der Waals surface area contributed by atoms with E-state index in [4.69, 9.17) is 4.74 Å². The van der Waals surface area contributed by atoms with Crippen molar-refractivity contribution in [2.24, 2.45) is 0 Å². The minimum Gasteiger partial charge on any atom is -0.497 e. The molecule has 136 valence electrons. The minimum absolute atomic E-state index is 0.216. The summed E-state index contributed by atoms with van der Waals surface area (Å²) >= 11 is 0. The fourth-order valence-electron chi connectivity index (χ4n) is 3.57. The Kier molecular flexibility index (Phi) is 4.40. The molecular weight excluding hydrogens is 339 g/mol. The summed E-state index contributed by atoms with van der Waals surface area (Å²) in [5.41, 5.74) is 6.33. The number of ether oxygens (including phenoxy) is 1. The lowest BCUT2D eigenvalue weighted by atomic mass is 10.1. The molecule has 0 aliphatic rings. The van der Waals surface area contributed by atoms with Crippen LogP contribution < -0.4 is 4.74 Å². The highest BCUT2D eigenvalue weighted by molar-refractivity contribution is 5.95. The van der Waals surface area contributed by atoms with Gasteiger partial charge in [-0.1, -0.05) is 12.1 Å². The quantitative estimate of drug-likeness (QED) is 0.479. The Morgan fingerprint density at radius 3 is 2.52 bits per heavy atom. The molecule has 4 aromatic rings. The van der Waals surface area contributed by atoms with Gasteiger partial charge in [-0.15, -0.1) is 0 Å². The van der Waals surface area contributed by atoms with Gasteiger partial charge in [0.2, 0.25) is 0 Å². The van der Waals surface area contributed by atoms with E-state index in [-0.39, 0.29) is 5.82 Å². The van der Waals surface area contributed by atoms with Gasteiger partial charge in [0.15, 0.2) is 0 Å². The lowest BCUT2D eigenvalue weighted by molar-refractivity contribution is 0.415. The number of pyridine rings is 1. The molecule has 0 atom stereocenters. The van der Waals surface area contributed by atoms with Crippen LogP contribution in [-0.2, 0) is 6.54 Å². The molecule has 0 spiro atoms. The van der Waals surface area contributed by atoms with Crippen LogP contribution >= 0.6 is 0 Å². The van der Waals surface area contributed by atoms with Crippen LogP contribution in [0.25, 0.3) is 22.2 Å². The number of benzene rings is 2. The molecule has 4 rings (SSSR count). The molecule has 0 saturated carbocycles. The number of hydrogen-bond acceptors (Lipinski definition) is 2. The Morgan fingerprint density at radius 1 is 1.04 bits per heavy atom. The maximum atomic E-state index is 13.7. The third kappa shape index (κ3) is 3.08. The molecule has 0 unspecified atom stereocenters. The Labute approximate surface area is 158 Å². The van der Waals surface area contributed by atoms with Gasteiger partial charge < -0.3 is 9.30 Å². The molecule has 0 radical (unpaired) electrons. The van der Waals surface area contributed by atoms with Gasteiger partial charge >= 0.3 is 0 Å². The molecule has 0 bridgehead atoms. The average Bonchev–Trinajstić information content (AvgIpc) is 2.93. The third-order valence-corrected chi connectivity index (χ3v) is 5.14. The van der Waals surface area contributed by atoms with Gasteiger partial charge in [0.25, 0.3) is 0 Å². The molecule has 27 heavy (non-hydrogen) atoms. The normalized spacial score (nSPS) is 11.1. The van der Waals surface area contributed by atoms with Gasteiger partial charge in [-0.3, -0.25) is 4.98 Å². The van der Waals surface area contributed by atoms with Crippen molar-refractivity contribution in [3.63, 3.8) is 0 Å². The highest BCUT2D eigenvalue weighted by Gasteiger charge is 2.16. The summed E-state index contributed by atoms with van der Waals surface area (Å²) in [4.78, 5) is 4.67. The van der Waals surface area contributed by atoms with E-state index in [9.17, 15) is 4.39 Å². The van der Waals surface area contributed by atoms with E-state index >= 15 is 0 Å². The maximum Gasteiger partial charge on any atom is 0.123 e. The van der Waals surface area contributed by atoms with E-state index in [0.29, 0.717) is 6.54 Å². The zero-order valence-corrected chi connectivity index (χ0v) is 15.7. The number of aryl methyl sites for hydroxylation is 1. The second-order valence-corrected chi connectivity index (χ2v) is 6.71. The first kappa shape index (κ1) is 17.3. The number of aromatic nitrogens is 2. The van der Waals surface area contributed by atoms with E-state index in [2.05, 4.69) is 23.4 Å². The minimum atomic E-state index is -0.216. The van der Waals surface area contributed by atoms with E-state index in [1.54, 1.807) is 19.2 Å². The molecular formula is C23H21FN2O. The lowest BCUT2D eigenvalue weighted by Gasteiger charge is -2.12. The van der Waals surface area contributed by atoms with Gasteiger partial charge in [0.1, 0.15) is 11.6 Å². The molecule has 0 aliphatic carbocycles. The van der Waals surface area contributed by atoms with Crippen molar-refractivity contribution in [1.82, 2.24) is 9.55 Å². The molecule has 2 aromatic heterocycles. The molecule has 0 fully saturated rings. The van der Waals surface area contributed by atoms with E-state index in [1.165, 1.54) is 17.0 Å². The van der Waals surface area contributed by atoms with Crippen LogP contribution in [0, 0.1) is 19.7 Å². The largest absolute Gasteiger partial charge is 0.497 e. The molecule has 0 saturated heterocycles. The fourth-order valence-corrected chi connectivity index (χ4v) is 3.57. The first-order valence-corrected chi connectivity index (χ1v) is 8.91. The number of halogens is 1. The summed E-state index contributed by atoms with van der Waals surface area (Å²) in [7, 11) is 1.66. The summed E-state index contributed by atoms with van der Waals surface area (Å²) in [5, 5.41) is 1.17. The van der Waals surface area contributed by atoms with Crippen LogP contribution in [0.2, 0.25) is 0 Å². The van der Waals surface area contributed by atoms with Gasteiger partial charge in [-0.05, 0) is 67.4 Å². The third-order valence-electron chi connectivity index (χ3n) is 5.14. The molecule has 0 aliphatic heterocycles. The van der Waals surface area contributed by atoms with Crippen LogP contribution in [0.1, 0.15) is 16.8 Å². The Morgan fingerprint density at radius 2 is 1.81 bits per heavy atom. The summed E-state index contributed by atoms with van der Waals surface area (Å²) in [6, 6.07) is 16.7. The highest BCUT2D eigenvalue weighted by Crippen LogP contribution is 2.33. The average molecular weight is 360 g/mol. The van der Waals surface area contributed by atoms with Crippen molar-refractivity contribution < 1.29 is 9.13 Å². The predicted molar refractivity (Wildman–Crippen MR) is 107 cm³/mol. The molecule has 0 N–H and O–H groups in total. The SMILES string of the molecule is COc1ccc(-c2nccc3c(C)c(C)n(Cc4cccc(F)c4)c23)cc1. The molecule has 0 amide bonds. The molecule has 2 aromatic carbocycles. The molecule has 2 heterocycles. The number of fused-ring (bicyclic) bond motifs is 1. The van der Waals surface area contributed by atoms with Crippen LogP contribution in [0.15, 0.2) is 60.8 Å². The fraction of sp³-hybridized carbons (Fsp3) is 0.174. The van der Waals surface area contributed by atoms with Gasteiger partial charge in [0.05, 0.1) is 18.3 Å². The van der Waals surface area contributed by atoms with Crippen molar-refractivity contribution in [2.75, 3.05) is 7.11 Å². The first-order chi connectivity index (χ1) is 13.1. The number of methoxy groups -OCH3 is 1. The van der Waals surface area contributed by atoms with Crippen molar-refractivity contribution >= 4 is 10.9 Å². The van der Waals surface area contributed by atoms with Crippen LogP contribution in [0.3, 0.4) is 0 Å². The number of hydrogen-bond donors (Lipinski definition) is 0. The number of rotatable bonds is 4. The monoisotopic (exact) mass is 360 g/mol. The smallest absolute Gasteiger partial charge is 0.123 e. The standard InChI is InChI=1S/C23H21FN2O/c1-15-16(2)26(14-17-5-4-6-19(24)13-17)23-21(15)11-12-25-22(23)18-7-9-20(27-3)10-8-18/h4-13H,14H2,1-3H3. The van der Waals surface area contributed by atoms with Crippen molar-refractivity contribution in [3.05, 3.63) is 83.4 Å². The summed E-state index contributed by atoms with van der Waals surface area (Å²) in [5.74, 6) is 0.597. The van der Waals surface area contributed by atoms with Crippen LogP contribution in [-0.4, -0.2) is 16.7 Å². The van der Waals surface area contributed by atoms with Gasteiger partial charge in [-0.2, -0.15) is 0 Å². The summed E-state index contributed by atoms with van der Waals surface area (Å²) in [6.45, 7) is 4.83. The summed E-state index contributed by atoms with van der Waals surface area (Å²) in [6.07, 6.45) is 1.85. The Bertz CT molecular complexity index is 1110. The molecule has 4 heteroatoms. The molecule has 3 nitrogen and oxygen atoms in total. The summed E-state index contributed by atoms with van der Waals surface area (Å²) < 4.78 is 21.2. The Balaban J connectivity index is 1.91. The topological polar surface area (TPSA) is 27.1 Å². The lowest BCUT2D eigenvalue weighted by Crippen LogP contribution is -2.03. The van der Waals surface area contributed by atoms with Crippen molar-refractivity contribution in [1.29, 1.82) is 0 Å². The van der Waals surface area contributed by atoms with E-state index in [0.717, 1.165) is 33.8 Å². The zero-order chi connectivity index (χ0) is 19.0. The van der Waals surface area contributed by atoms with E-state index in [1.807, 2.05) is 42.6 Å². The predicted octanol–water partition coefficient (Wildman–Crippen LogP) is 5.52. The second-order valence-electron chi connectivity index (χ2n) is 6.71. The van der Waals surface area contributed by atoms with Gasteiger partial charge in [-0.25, -0.2) is 4.39 Å². The van der Waals surface area contributed by atoms with Crippen LogP contribution in [0.5, 0.6) is 5.75 Å². The van der Waals surface area contributed by atoms with Crippen molar-refractivity contribution in [2.45, 2.75) is 20.4 Å². The zero-order valence-electron chi connectivity index (χ0n) is 15.7.